The number of aromatic nitrogens is 2. The maximum atomic E-state index is 13.5. The van der Waals surface area contributed by atoms with E-state index in [1.54, 1.807) is 29.1 Å². The lowest BCUT2D eigenvalue weighted by Crippen LogP contribution is -2.43. The van der Waals surface area contributed by atoms with Crippen LogP contribution in [-0.4, -0.2) is 47.4 Å². The normalized spacial score (nSPS) is 15.3. The number of rotatable bonds is 6. The van der Waals surface area contributed by atoms with E-state index in [0.717, 1.165) is 41.5 Å². The van der Waals surface area contributed by atoms with E-state index in [9.17, 15) is 14.4 Å². The van der Waals surface area contributed by atoms with Crippen molar-refractivity contribution < 1.29 is 14.3 Å². The largest absolute Gasteiger partial charge is 0.383 e. The van der Waals surface area contributed by atoms with Crippen LogP contribution in [0.4, 0.5) is 11.4 Å². The van der Waals surface area contributed by atoms with Crippen LogP contribution in [0, 0.1) is 0 Å². The molecule has 3 heterocycles. The Bertz CT molecular complexity index is 1300. The zero-order valence-electron chi connectivity index (χ0n) is 18.3. The van der Waals surface area contributed by atoms with Gasteiger partial charge in [0.15, 0.2) is 5.16 Å². The molecule has 2 aliphatic rings. The van der Waals surface area contributed by atoms with Crippen molar-refractivity contribution in [2.75, 3.05) is 36.2 Å². The number of nitrogens with one attached hydrogen (secondary N) is 1. The minimum atomic E-state index is -0.229. The van der Waals surface area contributed by atoms with Crippen LogP contribution in [-0.2, 0) is 33.7 Å². The Balaban J connectivity index is 1.45. The quantitative estimate of drug-likeness (QED) is 0.427. The molecule has 8 nitrogen and oxygen atoms in total. The summed E-state index contributed by atoms with van der Waals surface area (Å²) in [5.74, 6) is -0.370. The van der Waals surface area contributed by atoms with Gasteiger partial charge in [-0.1, -0.05) is 23.9 Å². The number of aryl methyl sites for hydroxylation is 2. The van der Waals surface area contributed by atoms with Gasteiger partial charge in [0.05, 0.1) is 35.7 Å². The summed E-state index contributed by atoms with van der Waals surface area (Å²) in [6.45, 7) is 0.714. The highest BCUT2D eigenvalue weighted by Gasteiger charge is 2.27. The molecule has 1 aliphatic carbocycles. The van der Waals surface area contributed by atoms with Crippen LogP contribution in [0.15, 0.2) is 34.2 Å². The number of hydrogen-bond acceptors (Lipinski definition) is 7. The van der Waals surface area contributed by atoms with Crippen LogP contribution < -0.4 is 15.8 Å². The first kappa shape index (κ1) is 22.1. The van der Waals surface area contributed by atoms with Crippen LogP contribution >= 0.6 is 23.1 Å². The third-order valence-electron chi connectivity index (χ3n) is 5.96. The number of para-hydroxylation sites is 2. The number of nitrogens with zero attached hydrogens (tertiary/aromatic N) is 3. The lowest BCUT2D eigenvalue weighted by Gasteiger charge is -2.29. The number of fused-ring (bicyclic) bond motifs is 4. The predicted octanol–water partition coefficient (Wildman–Crippen LogP) is 3.06. The maximum Gasteiger partial charge on any atom is 0.263 e. The molecule has 0 bridgehead atoms. The van der Waals surface area contributed by atoms with E-state index in [4.69, 9.17) is 9.72 Å². The van der Waals surface area contributed by atoms with E-state index in [0.29, 0.717) is 29.7 Å². The van der Waals surface area contributed by atoms with Crippen molar-refractivity contribution in [2.24, 2.45) is 0 Å². The third-order valence-corrected chi connectivity index (χ3v) is 8.10. The number of benzene rings is 1. The molecule has 172 valence electrons. The van der Waals surface area contributed by atoms with Crippen LogP contribution in [0.1, 0.15) is 23.3 Å². The molecular formula is C23H24N4O4S2. The molecule has 0 saturated heterocycles. The summed E-state index contributed by atoms with van der Waals surface area (Å²) >= 11 is 2.83. The van der Waals surface area contributed by atoms with Gasteiger partial charge in [-0.2, -0.15) is 0 Å². The second kappa shape index (κ2) is 9.28. The van der Waals surface area contributed by atoms with Crippen molar-refractivity contribution in [1.82, 2.24) is 9.55 Å². The molecule has 0 spiro atoms. The summed E-state index contributed by atoms with van der Waals surface area (Å²) in [6.07, 6.45) is 4.13. The van der Waals surface area contributed by atoms with Crippen molar-refractivity contribution in [3.05, 3.63) is 45.1 Å². The zero-order chi connectivity index (χ0) is 22.9. The van der Waals surface area contributed by atoms with E-state index in [-0.39, 0.29) is 29.7 Å². The number of methoxy groups -OCH3 is 1. The number of anilines is 2. The van der Waals surface area contributed by atoms with Gasteiger partial charge in [0.1, 0.15) is 11.4 Å². The molecule has 10 heteroatoms. The van der Waals surface area contributed by atoms with E-state index >= 15 is 0 Å². The molecule has 0 radical (unpaired) electrons. The fourth-order valence-electron chi connectivity index (χ4n) is 4.37. The van der Waals surface area contributed by atoms with E-state index in [2.05, 4.69) is 5.32 Å². The molecular weight excluding hydrogens is 460 g/mol. The van der Waals surface area contributed by atoms with Crippen LogP contribution in [0.5, 0.6) is 0 Å². The Hall–Kier alpha value is -2.69. The van der Waals surface area contributed by atoms with Crippen molar-refractivity contribution in [2.45, 2.75) is 37.4 Å². The minimum Gasteiger partial charge on any atom is -0.383 e. The molecule has 33 heavy (non-hydrogen) atoms. The van der Waals surface area contributed by atoms with Crippen molar-refractivity contribution in [1.29, 1.82) is 0 Å². The Kier molecular flexibility index (Phi) is 6.22. The summed E-state index contributed by atoms with van der Waals surface area (Å²) in [4.78, 5) is 46.9. The first-order valence-corrected chi connectivity index (χ1v) is 12.7. The number of hydrogen-bond donors (Lipinski definition) is 1. The van der Waals surface area contributed by atoms with Gasteiger partial charge in [-0.25, -0.2) is 4.98 Å². The van der Waals surface area contributed by atoms with Crippen LogP contribution in [0.3, 0.4) is 0 Å². The minimum absolute atomic E-state index is 0.0308. The first-order valence-electron chi connectivity index (χ1n) is 10.9. The smallest absolute Gasteiger partial charge is 0.263 e. The van der Waals surface area contributed by atoms with E-state index < -0.39 is 0 Å². The third kappa shape index (κ3) is 4.18. The average Bonchev–Trinajstić information content (AvgIpc) is 3.20. The van der Waals surface area contributed by atoms with Crippen molar-refractivity contribution in [3.63, 3.8) is 0 Å². The van der Waals surface area contributed by atoms with Gasteiger partial charge in [-0.05, 0) is 43.4 Å². The maximum absolute atomic E-state index is 13.5. The summed E-state index contributed by atoms with van der Waals surface area (Å²) in [7, 11) is 1.60. The summed E-state index contributed by atoms with van der Waals surface area (Å²) in [5, 5.41) is 4.02. The number of carbonyl (C=O) groups is 2. The molecule has 0 fully saturated rings. The average molecular weight is 485 g/mol. The molecule has 1 aliphatic heterocycles. The summed E-state index contributed by atoms with van der Waals surface area (Å²) in [5.41, 5.74) is 2.38. The Morgan fingerprint density at radius 2 is 2.06 bits per heavy atom. The predicted molar refractivity (Wildman–Crippen MR) is 131 cm³/mol. The fraction of sp³-hybridized carbons (Fsp3) is 0.391. The lowest BCUT2D eigenvalue weighted by molar-refractivity contribution is -0.120. The number of thiophene rings is 1. The number of ether oxygens (including phenoxy) is 1. The lowest BCUT2D eigenvalue weighted by atomic mass is 9.97. The summed E-state index contributed by atoms with van der Waals surface area (Å²) < 4.78 is 6.85. The van der Waals surface area contributed by atoms with Gasteiger partial charge in [0, 0.05) is 12.0 Å². The van der Waals surface area contributed by atoms with E-state index in [1.807, 2.05) is 18.2 Å². The molecule has 5 rings (SSSR count). The number of thioether (sulfide) groups is 1. The first-order chi connectivity index (χ1) is 16.1. The Morgan fingerprint density at radius 1 is 1.24 bits per heavy atom. The highest BCUT2D eigenvalue weighted by atomic mass is 32.2. The number of amides is 2. The van der Waals surface area contributed by atoms with Gasteiger partial charge >= 0.3 is 0 Å². The standard InChI is InChI=1S/C23H24N4O4S2/c1-31-11-10-26-22(30)20-14-6-2-5-9-17(14)33-21(20)25-23(26)32-13-19(29)27-12-18(28)24-15-7-3-4-8-16(15)27/h3-4,7-8H,2,5-6,9-13H2,1H3,(H,24,28). The second-order valence-electron chi connectivity index (χ2n) is 8.07. The second-order valence-corrected chi connectivity index (χ2v) is 10.1. The Labute approximate surface area is 198 Å². The molecule has 2 amide bonds. The van der Waals surface area contributed by atoms with E-state index in [1.165, 1.54) is 21.5 Å². The Morgan fingerprint density at radius 3 is 2.91 bits per heavy atom. The topological polar surface area (TPSA) is 93.5 Å². The fourth-order valence-corrected chi connectivity index (χ4v) is 6.57. The highest BCUT2D eigenvalue weighted by molar-refractivity contribution is 7.99. The summed E-state index contributed by atoms with van der Waals surface area (Å²) in [6, 6.07) is 7.24. The monoisotopic (exact) mass is 484 g/mol. The highest BCUT2D eigenvalue weighted by Crippen LogP contribution is 2.35. The molecule has 2 aromatic heterocycles. The van der Waals surface area contributed by atoms with Gasteiger partial charge < -0.3 is 15.0 Å². The van der Waals surface area contributed by atoms with Crippen LogP contribution in [0.25, 0.3) is 10.2 Å². The van der Waals surface area contributed by atoms with Gasteiger partial charge in [0.25, 0.3) is 5.56 Å². The number of carbonyl (C=O) groups excluding carboxylic acids is 2. The van der Waals surface area contributed by atoms with Gasteiger partial charge in [0.2, 0.25) is 11.8 Å². The molecule has 1 aromatic carbocycles. The van der Waals surface area contributed by atoms with Gasteiger partial charge in [-0.15, -0.1) is 11.3 Å². The molecule has 0 unspecified atom stereocenters. The molecule has 0 saturated carbocycles. The SMILES string of the molecule is COCCn1c(SCC(=O)N2CC(=O)Nc3ccccc32)nc2sc3c(c2c1=O)CCCC3. The van der Waals surface area contributed by atoms with Crippen molar-refractivity contribution in [3.8, 4) is 0 Å². The zero-order valence-corrected chi connectivity index (χ0v) is 19.9. The van der Waals surface area contributed by atoms with Crippen molar-refractivity contribution >= 4 is 56.5 Å². The molecule has 1 N–H and O–H groups in total. The van der Waals surface area contributed by atoms with Crippen LogP contribution in [0.2, 0.25) is 0 Å². The molecule has 0 atom stereocenters. The van der Waals surface area contributed by atoms with Gasteiger partial charge in [-0.3, -0.25) is 19.0 Å². The molecule has 3 aromatic rings.